The molecule has 1 aromatic rings. The summed E-state index contributed by atoms with van der Waals surface area (Å²) in [6, 6.07) is 6.34. The van der Waals surface area contributed by atoms with Crippen molar-refractivity contribution in [2.45, 2.75) is 13.8 Å². The number of barbiturate groups is 1. The number of aliphatic imine (C=N–C) groups is 1. The van der Waals surface area contributed by atoms with Crippen molar-refractivity contribution in [2.75, 3.05) is 32.1 Å². The van der Waals surface area contributed by atoms with Gasteiger partial charge in [0.25, 0.3) is 5.91 Å². The van der Waals surface area contributed by atoms with Crippen molar-refractivity contribution in [3.05, 3.63) is 29.8 Å². The van der Waals surface area contributed by atoms with Crippen LogP contribution in [0.5, 0.6) is 0 Å². The van der Waals surface area contributed by atoms with Crippen LogP contribution in [0.2, 0.25) is 0 Å². The first-order chi connectivity index (χ1) is 11.3. The number of benzene rings is 1. The summed E-state index contributed by atoms with van der Waals surface area (Å²) in [5, 5.41) is 2.26. The summed E-state index contributed by atoms with van der Waals surface area (Å²) in [5.74, 6) is -2.25. The Balaban J connectivity index is 2.30. The van der Waals surface area contributed by atoms with Crippen molar-refractivity contribution >= 4 is 29.2 Å². The second kappa shape index (κ2) is 7.35. The van der Waals surface area contributed by atoms with Gasteiger partial charge >= 0.3 is 6.03 Å². The van der Waals surface area contributed by atoms with E-state index in [-0.39, 0.29) is 0 Å². The zero-order valence-corrected chi connectivity index (χ0v) is 14.4. The van der Waals surface area contributed by atoms with Crippen molar-refractivity contribution in [3.8, 4) is 0 Å². The summed E-state index contributed by atoms with van der Waals surface area (Å²) in [4.78, 5) is 43.7. The number of rotatable bonds is 5. The molecule has 7 nitrogen and oxygen atoms in total. The van der Waals surface area contributed by atoms with Crippen molar-refractivity contribution in [1.29, 1.82) is 0 Å². The molecule has 128 valence electrons. The van der Waals surface area contributed by atoms with Crippen LogP contribution in [0.25, 0.3) is 0 Å². The number of nitrogens with one attached hydrogen (secondary N) is 2. The topological polar surface area (TPSA) is 83.3 Å². The number of urea groups is 1. The number of anilines is 1. The van der Waals surface area contributed by atoms with Gasteiger partial charge < -0.3 is 4.90 Å². The predicted octanol–water partition coefficient (Wildman–Crippen LogP) is -0.201. The van der Waals surface area contributed by atoms with Gasteiger partial charge in [0.15, 0.2) is 5.92 Å². The van der Waals surface area contributed by atoms with E-state index in [4.69, 9.17) is 0 Å². The van der Waals surface area contributed by atoms with Gasteiger partial charge in [-0.3, -0.25) is 19.9 Å². The molecule has 0 radical (unpaired) electrons. The van der Waals surface area contributed by atoms with Crippen molar-refractivity contribution < 1.29 is 19.3 Å². The first-order valence-corrected chi connectivity index (χ1v) is 7.87. The number of para-hydroxylation sites is 1. The SMILES string of the molecule is CC(=NCC[NH+](C)C)[C@@H]1C(=O)NC(=O)N(c2ccccc2C)C1=O. The first kappa shape index (κ1) is 17.8. The monoisotopic (exact) mass is 331 g/mol. The number of carbonyl (C=O) groups is 3. The lowest BCUT2D eigenvalue weighted by atomic mass is 9.98. The number of quaternary nitrogens is 1. The Bertz CT molecular complexity index is 697. The zero-order chi connectivity index (χ0) is 17.9. The third kappa shape index (κ3) is 3.68. The third-order valence-corrected chi connectivity index (χ3v) is 3.91. The highest BCUT2D eigenvalue weighted by molar-refractivity contribution is 6.35. The maximum absolute atomic E-state index is 12.8. The number of imide groups is 2. The molecule has 1 aliphatic rings. The molecule has 2 rings (SSSR count). The number of amides is 4. The van der Waals surface area contributed by atoms with Crippen LogP contribution in [0.3, 0.4) is 0 Å². The second-order valence-electron chi connectivity index (χ2n) is 6.17. The summed E-state index contributed by atoms with van der Waals surface area (Å²) in [7, 11) is 4.00. The van der Waals surface area contributed by atoms with Gasteiger partial charge in [0.2, 0.25) is 5.91 Å². The molecule has 1 atom stereocenters. The molecule has 1 saturated heterocycles. The Hall–Kier alpha value is -2.54. The van der Waals surface area contributed by atoms with E-state index in [1.165, 1.54) is 4.90 Å². The summed E-state index contributed by atoms with van der Waals surface area (Å²) < 4.78 is 0. The van der Waals surface area contributed by atoms with Gasteiger partial charge in [-0.1, -0.05) is 18.2 Å². The molecule has 0 aliphatic carbocycles. The molecule has 1 aromatic carbocycles. The Morgan fingerprint density at radius 3 is 2.54 bits per heavy atom. The highest BCUT2D eigenvalue weighted by Crippen LogP contribution is 2.24. The second-order valence-corrected chi connectivity index (χ2v) is 6.17. The molecule has 1 heterocycles. The van der Waals surface area contributed by atoms with Gasteiger partial charge in [-0.25, -0.2) is 9.69 Å². The van der Waals surface area contributed by atoms with Gasteiger partial charge in [-0.05, 0) is 25.5 Å². The maximum atomic E-state index is 12.8. The lowest BCUT2D eigenvalue weighted by Gasteiger charge is -2.31. The van der Waals surface area contributed by atoms with E-state index in [0.717, 1.165) is 17.0 Å². The Labute approximate surface area is 141 Å². The van der Waals surface area contributed by atoms with Crippen LogP contribution >= 0.6 is 0 Å². The Morgan fingerprint density at radius 2 is 1.92 bits per heavy atom. The van der Waals surface area contributed by atoms with Crippen LogP contribution in [0.1, 0.15) is 12.5 Å². The third-order valence-electron chi connectivity index (χ3n) is 3.91. The van der Waals surface area contributed by atoms with E-state index in [1.54, 1.807) is 19.1 Å². The van der Waals surface area contributed by atoms with E-state index in [2.05, 4.69) is 10.3 Å². The highest BCUT2D eigenvalue weighted by Gasteiger charge is 2.43. The fourth-order valence-corrected chi connectivity index (χ4v) is 2.53. The summed E-state index contributed by atoms with van der Waals surface area (Å²) >= 11 is 0. The number of nitrogens with zero attached hydrogens (tertiary/aromatic N) is 2. The van der Waals surface area contributed by atoms with Gasteiger partial charge in [0, 0.05) is 5.71 Å². The average Bonchev–Trinajstić information content (AvgIpc) is 2.48. The fraction of sp³-hybridized carbons (Fsp3) is 0.412. The van der Waals surface area contributed by atoms with Crippen molar-refractivity contribution in [1.82, 2.24) is 5.32 Å². The van der Waals surface area contributed by atoms with Gasteiger partial charge in [0.1, 0.15) is 0 Å². The van der Waals surface area contributed by atoms with Gasteiger partial charge in [0.05, 0.1) is 32.9 Å². The molecule has 7 heteroatoms. The molecule has 1 fully saturated rings. The first-order valence-electron chi connectivity index (χ1n) is 7.87. The van der Waals surface area contributed by atoms with Crippen molar-refractivity contribution in [2.24, 2.45) is 10.9 Å². The number of aryl methyl sites for hydroxylation is 1. The highest BCUT2D eigenvalue weighted by atomic mass is 16.2. The number of likely N-dealkylation sites (N-methyl/N-ethyl adjacent to an activating group) is 1. The molecule has 2 N–H and O–H groups in total. The lowest BCUT2D eigenvalue weighted by molar-refractivity contribution is -0.856. The van der Waals surface area contributed by atoms with E-state index in [0.29, 0.717) is 17.9 Å². The molecule has 1 aliphatic heterocycles. The summed E-state index contributed by atoms with van der Waals surface area (Å²) in [5.41, 5.74) is 1.67. The van der Waals surface area contributed by atoms with E-state index in [1.807, 2.05) is 33.2 Å². The fourth-order valence-electron chi connectivity index (χ4n) is 2.53. The summed E-state index contributed by atoms with van der Waals surface area (Å²) in [6.45, 7) is 4.77. The van der Waals surface area contributed by atoms with E-state index < -0.39 is 23.8 Å². The molecule has 0 aromatic heterocycles. The summed E-state index contributed by atoms with van der Waals surface area (Å²) in [6.07, 6.45) is 0. The minimum Gasteiger partial charge on any atom is -0.338 e. The van der Waals surface area contributed by atoms with Gasteiger partial charge in [-0.15, -0.1) is 0 Å². The van der Waals surface area contributed by atoms with Crippen LogP contribution in [-0.2, 0) is 9.59 Å². The van der Waals surface area contributed by atoms with Crippen LogP contribution < -0.4 is 15.1 Å². The van der Waals surface area contributed by atoms with Crippen LogP contribution in [0, 0.1) is 12.8 Å². The normalized spacial score (nSPS) is 19.0. The molecule has 0 saturated carbocycles. The number of hydrogen-bond donors (Lipinski definition) is 2. The van der Waals surface area contributed by atoms with E-state index in [9.17, 15) is 14.4 Å². The van der Waals surface area contributed by atoms with E-state index >= 15 is 0 Å². The molecule has 0 unspecified atom stereocenters. The van der Waals surface area contributed by atoms with Gasteiger partial charge in [-0.2, -0.15) is 0 Å². The number of carbonyl (C=O) groups excluding carboxylic acids is 3. The largest absolute Gasteiger partial charge is 0.338 e. The van der Waals surface area contributed by atoms with Crippen LogP contribution in [0.15, 0.2) is 29.3 Å². The van der Waals surface area contributed by atoms with Crippen molar-refractivity contribution in [3.63, 3.8) is 0 Å². The maximum Gasteiger partial charge on any atom is 0.335 e. The van der Waals surface area contributed by atoms with Crippen LogP contribution in [0.4, 0.5) is 10.5 Å². The van der Waals surface area contributed by atoms with Crippen LogP contribution in [-0.4, -0.2) is 50.7 Å². The minimum atomic E-state index is -1.07. The molecule has 0 spiro atoms. The number of hydrogen-bond acceptors (Lipinski definition) is 4. The molecule has 0 bridgehead atoms. The zero-order valence-electron chi connectivity index (χ0n) is 14.4. The lowest BCUT2D eigenvalue weighted by Crippen LogP contribution is -3.06. The quantitative estimate of drug-likeness (QED) is 0.579. The average molecular weight is 331 g/mol. The predicted molar refractivity (Wildman–Crippen MR) is 91.3 cm³/mol. The Morgan fingerprint density at radius 1 is 1.25 bits per heavy atom. The standard InChI is InChI=1S/C17H22N4O3/c1-11-7-5-6-8-13(11)21-16(23)14(15(22)19-17(21)24)12(2)18-9-10-20(3)4/h5-8,14H,9-10H2,1-4H3,(H,19,22,24)/p+1/t14-/m1/s1. The molecular formula is C17H23N4O3+. The molecule has 24 heavy (non-hydrogen) atoms. The Kier molecular flexibility index (Phi) is 5.46. The smallest absolute Gasteiger partial charge is 0.335 e. The molecule has 4 amide bonds. The minimum absolute atomic E-state index is 0.421. The molecular weight excluding hydrogens is 308 g/mol.